The first-order chi connectivity index (χ1) is 20.5. The Morgan fingerprint density at radius 2 is 1.65 bits per heavy atom. The van der Waals surface area contributed by atoms with Gasteiger partial charge in [-0.15, -0.1) is 10.2 Å². The van der Waals surface area contributed by atoms with Crippen molar-refractivity contribution in [2.45, 2.75) is 32.4 Å². The summed E-state index contributed by atoms with van der Waals surface area (Å²) in [6, 6.07) is 16.7. The standard InChI is InChI=1S/C31H34N6O5S/c1-5-42-22-18-21(19-32-20-22)23-10-11-26(25-9-7-6-8-24(23)25)30(39)37-16-14-36(15-17-37)28-13-12-27(33-34-28)29(38)35-43(40,41)31(2,3)4/h6-13,18-20H,5,14-17H2,1-4H3,(H,35,38). The number of aromatic nitrogens is 3. The summed E-state index contributed by atoms with van der Waals surface area (Å²) in [5, 5.41) is 9.91. The summed E-state index contributed by atoms with van der Waals surface area (Å²) in [7, 11) is -3.87. The number of hydrogen-bond donors (Lipinski definition) is 1. The van der Waals surface area contributed by atoms with Gasteiger partial charge >= 0.3 is 0 Å². The number of rotatable bonds is 7. The molecule has 0 bridgehead atoms. The van der Waals surface area contributed by atoms with Gasteiger partial charge in [-0.2, -0.15) is 0 Å². The molecule has 224 valence electrons. The first-order valence-electron chi connectivity index (χ1n) is 14.0. The van der Waals surface area contributed by atoms with Gasteiger partial charge in [-0.05, 0) is 68.3 Å². The lowest BCUT2D eigenvalue weighted by Crippen LogP contribution is -2.49. The van der Waals surface area contributed by atoms with E-state index in [1.807, 2.05) is 63.9 Å². The highest BCUT2D eigenvalue weighted by molar-refractivity contribution is 7.91. The van der Waals surface area contributed by atoms with Crippen LogP contribution in [0.15, 0.2) is 67.0 Å². The first kappa shape index (κ1) is 29.9. The van der Waals surface area contributed by atoms with E-state index < -0.39 is 20.7 Å². The molecule has 0 aliphatic carbocycles. The zero-order valence-electron chi connectivity index (χ0n) is 24.6. The van der Waals surface area contributed by atoms with E-state index in [2.05, 4.69) is 15.2 Å². The van der Waals surface area contributed by atoms with Crippen molar-refractivity contribution >= 4 is 38.4 Å². The molecule has 2 aromatic heterocycles. The summed E-state index contributed by atoms with van der Waals surface area (Å²) < 4.78 is 31.1. The van der Waals surface area contributed by atoms with E-state index in [0.717, 1.165) is 21.9 Å². The maximum atomic E-state index is 13.7. The number of carbonyl (C=O) groups is 2. The van der Waals surface area contributed by atoms with E-state index in [9.17, 15) is 18.0 Å². The third kappa shape index (κ3) is 6.29. The van der Waals surface area contributed by atoms with Crippen molar-refractivity contribution in [2.75, 3.05) is 37.7 Å². The predicted molar refractivity (Wildman–Crippen MR) is 165 cm³/mol. The minimum absolute atomic E-state index is 0.0539. The van der Waals surface area contributed by atoms with Crippen LogP contribution in [0.3, 0.4) is 0 Å². The molecule has 0 radical (unpaired) electrons. The normalized spacial score (nSPS) is 14.0. The van der Waals surface area contributed by atoms with Crippen LogP contribution in [-0.4, -0.2) is 77.8 Å². The Bertz CT molecular complexity index is 1760. The largest absolute Gasteiger partial charge is 0.492 e. The second kappa shape index (κ2) is 12.0. The molecule has 1 saturated heterocycles. The topological polar surface area (TPSA) is 135 Å². The predicted octanol–water partition coefficient (Wildman–Crippen LogP) is 3.91. The number of amides is 2. The van der Waals surface area contributed by atoms with Crippen LogP contribution in [-0.2, 0) is 10.0 Å². The van der Waals surface area contributed by atoms with Gasteiger partial charge in [-0.1, -0.05) is 30.3 Å². The van der Waals surface area contributed by atoms with Crippen molar-refractivity contribution in [2.24, 2.45) is 0 Å². The number of nitrogens with one attached hydrogen (secondary N) is 1. The van der Waals surface area contributed by atoms with Gasteiger partial charge < -0.3 is 14.5 Å². The van der Waals surface area contributed by atoms with Gasteiger partial charge in [0.15, 0.2) is 11.5 Å². The minimum atomic E-state index is -3.87. The van der Waals surface area contributed by atoms with E-state index in [4.69, 9.17) is 4.74 Å². The molecule has 0 saturated carbocycles. The van der Waals surface area contributed by atoms with Crippen molar-refractivity contribution in [3.8, 4) is 16.9 Å². The van der Waals surface area contributed by atoms with Gasteiger partial charge in [0.2, 0.25) is 10.0 Å². The summed E-state index contributed by atoms with van der Waals surface area (Å²) in [4.78, 5) is 34.3. The first-order valence-corrected chi connectivity index (χ1v) is 15.5. The lowest BCUT2D eigenvalue weighted by atomic mass is 9.95. The summed E-state index contributed by atoms with van der Waals surface area (Å²) in [6.45, 7) is 8.97. The van der Waals surface area contributed by atoms with Gasteiger partial charge in [-0.25, -0.2) is 13.1 Å². The van der Waals surface area contributed by atoms with Crippen LogP contribution >= 0.6 is 0 Å². The Kier molecular flexibility index (Phi) is 8.32. The average molecular weight is 603 g/mol. The molecule has 0 atom stereocenters. The van der Waals surface area contributed by atoms with Crippen molar-refractivity contribution < 1.29 is 22.7 Å². The third-order valence-corrected chi connectivity index (χ3v) is 9.36. The van der Waals surface area contributed by atoms with E-state index in [-0.39, 0.29) is 11.6 Å². The van der Waals surface area contributed by atoms with Gasteiger partial charge in [0, 0.05) is 43.5 Å². The lowest BCUT2D eigenvalue weighted by Gasteiger charge is -2.35. The number of benzene rings is 2. The van der Waals surface area contributed by atoms with Crippen LogP contribution in [0.25, 0.3) is 21.9 Å². The average Bonchev–Trinajstić information content (AvgIpc) is 3.00. The van der Waals surface area contributed by atoms with Crippen LogP contribution < -0.4 is 14.4 Å². The highest BCUT2D eigenvalue weighted by Crippen LogP contribution is 2.33. The molecule has 0 unspecified atom stereocenters. The number of fused-ring (bicyclic) bond motifs is 1. The fourth-order valence-corrected chi connectivity index (χ4v) is 5.46. The van der Waals surface area contributed by atoms with Gasteiger partial charge in [0.25, 0.3) is 11.8 Å². The number of piperazine rings is 1. The number of nitrogens with zero attached hydrogens (tertiary/aromatic N) is 5. The smallest absolute Gasteiger partial charge is 0.285 e. The Hall–Kier alpha value is -4.58. The molecule has 1 N–H and O–H groups in total. The molecule has 1 aliphatic heterocycles. The van der Waals surface area contributed by atoms with Crippen LogP contribution in [0.1, 0.15) is 48.5 Å². The number of carbonyl (C=O) groups excluding carboxylic acids is 2. The number of sulfonamides is 1. The number of ether oxygens (including phenoxy) is 1. The Morgan fingerprint density at radius 3 is 2.30 bits per heavy atom. The van der Waals surface area contributed by atoms with Crippen LogP contribution in [0.2, 0.25) is 0 Å². The maximum absolute atomic E-state index is 13.7. The zero-order chi connectivity index (χ0) is 30.8. The molecule has 3 heterocycles. The van der Waals surface area contributed by atoms with Gasteiger partial charge in [0.05, 0.1) is 17.6 Å². The van der Waals surface area contributed by atoms with Gasteiger partial charge in [-0.3, -0.25) is 14.6 Å². The molecule has 12 heteroatoms. The SMILES string of the molecule is CCOc1cncc(-c2ccc(C(=O)N3CCN(c4ccc(C(=O)NS(=O)(=O)C(C)(C)C)nn4)CC3)c3ccccc23)c1. The van der Waals surface area contributed by atoms with Crippen molar-refractivity contribution in [1.82, 2.24) is 24.8 Å². The summed E-state index contributed by atoms with van der Waals surface area (Å²) in [5.41, 5.74) is 2.41. The minimum Gasteiger partial charge on any atom is -0.492 e. The van der Waals surface area contributed by atoms with E-state index in [0.29, 0.717) is 49.9 Å². The molecule has 0 spiro atoms. The molecule has 4 aromatic rings. The Labute approximate surface area is 250 Å². The molecule has 5 rings (SSSR count). The fourth-order valence-electron chi connectivity index (χ4n) is 4.80. The monoisotopic (exact) mass is 602 g/mol. The number of pyridine rings is 1. The van der Waals surface area contributed by atoms with Crippen molar-refractivity contribution in [3.05, 3.63) is 78.2 Å². The second-order valence-corrected chi connectivity index (χ2v) is 13.6. The van der Waals surface area contributed by atoms with E-state index in [1.54, 1.807) is 18.5 Å². The lowest BCUT2D eigenvalue weighted by molar-refractivity contribution is 0.0748. The molecule has 11 nitrogen and oxygen atoms in total. The maximum Gasteiger partial charge on any atom is 0.285 e. The highest BCUT2D eigenvalue weighted by Gasteiger charge is 2.31. The van der Waals surface area contributed by atoms with Crippen molar-refractivity contribution in [3.63, 3.8) is 0 Å². The summed E-state index contributed by atoms with van der Waals surface area (Å²) in [6.07, 6.45) is 3.48. The molecule has 1 fully saturated rings. The molecular weight excluding hydrogens is 568 g/mol. The molecular formula is C31H34N6O5S. The van der Waals surface area contributed by atoms with E-state index >= 15 is 0 Å². The van der Waals surface area contributed by atoms with Crippen LogP contribution in [0, 0.1) is 0 Å². The van der Waals surface area contributed by atoms with Crippen LogP contribution in [0.5, 0.6) is 5.75 Å². The fraction of sp³-hybridized carbons (Fsp3) is 0.323. The van der Waals surface area contributed by atoms with Crippen molar-refractivity contribution in [1.29, 1.82) is 0 Å². The van der Waals surface area contributed by atoms with Crippen LogP contribution in [0.4, 0.5) is 5.82 Å². The summed E-state index contributed by atoms with van der Waals surface area (Å²) >= 11 is 0. The molecule has 1 aliphatic rings. The molecule has 2 aromatic carbocycles. The second-order valence-electron chi connectivity index (χ2n) is 11.2. The molecule has 2 amide bonds. The third-order valence-electron chi connectivity index (χ3n) is 7.30. The van der Waals surface area contributed by atoms with E-state index in [1.165, 1.54) is 26.8 Å². The quantitative estimate of drug-likeness (QED) is 0.334. The number of hydrogen-bond acceptors (Lipinski definition) is 9. The molecule has 43 heavy (non-hydrogen) atoms. The highest BCUT2D eigenvalue weighted by atomic mass is 32.2. The Morgan fingerprint density at radius 1 is 0.930 bits per heavy atom. The zero-order valence-corrected chi connectivity index (χ0v) is 25.4. The number of anilines is 1. The van der Waals surface area contributed by atoms with Gasteiger partial charge in [0.1, 0.15) is 5.75 Å². The summed E-state index contributed by atoms with van der Waals surface area (Å²) in [5.74, 6) is 0.348. The Balaban J connectivity index is 1.28.